The van der Waals surface area contributed by atoms with E-state index in [-0.39, 0.29) is 0 Å². The minimum Gasteiger partial charge on any atom is -0.497 e. The van der Waals surface area contributed by atoms with Gasteiger partial charge in [-0.05, 0) is 60.7 Å². The molecular weight excluding hydrogens is 404 g/mol. The van der Waals surface area contributed by atoms with E-state index in [1.54, 1.807) is 14.2 Å². The van der Waals surface area contributed by atoms with Crippen LogP contribution in [0.4, 0.5) is 0 Å². The molecule has 0 bridgehead atoms. The monoisotopic (exact) mass is 422 g/mol. The number of fused-ring (bicyclic) bond motifs is 6. The molecule has 32 heavy (non-hydrogen) atoms. The van der Waals surface area contributed by atoms with Crippen LogP contribution in [-0.2, 0) is 0 Å². The van der Waals surface area contributed by atoms with Crippen molar-refractivity contribution in [1.82, 2.24) is 29.2 Å². The average Bonchev–Trinajstić information content (AvgIpc) is 3.49. The number of hydrogen-bond acceptors (Lipinski definition) is 6. The maximum absolute atomic E-state index is 5.29. The van der Waals surface area contributed by atoms with Crippen molar-refractivity contribution in [3.05, 3.63) is 72.8 Å². The maximum Gasteiger partial charge on any atom is 0.207 e. The molecule has 0 aliphatic heterocycles. The molecule has 0 N–H and O–H groups in total. The lowest BCUT2D eigenvalue weighted by Gasteiger charge is -2.10. The van der Waals surface area contributed by atoms with E-state index in [0.29, 0.717) is 11.3 Å². The zero-order chi connectivity index (χ0) is 21.7. The molecule has 0 aliphatic rings. The molecule has 8 nitrogen and oxygen atoms in total. The quantitative estimate of drug-likeness (QED) is 0.422. The third-order valence-corrected chi connectivity index (χ3v) is 5.59. The van der Waals surface area contributed by atoms with Crippen LogP contribution in [0.15, 0.2) is 72.8 Å². The Labute approximate surface area is 182 Å². The summed E-state index contributed by atoms with van der Waals surface area (Å²) in [6.45, 7) is 0. The van der Waals surface area contributed by atoms with Crippen molar-refractivity contribution in [2.24, 2.45) is 0 Å². The Bertz CT molecular complexity index is 1460. The summed E-state index contributed by atoms with van der Waals surface area (Å²) >= 11 is 0. The van der Waals surface area contributed by atoms with Gasteiger partial charge < -0.3 is 9.47 Å². The van der Waals surface area contributed by atoms with Crippen LogP contribution in [0.5, 0.6) is 11.5 Å². The van der Waals surface area contributed by atoms with E-state index in [2.05, 4.69) is 32.5 Å². The Morgan fingerprint density at radius 2 is 0.938 bits per heavy atom. The van der Waals surface area contributed by atoms with Crippen molar-refractivity contribution in [2.75, 3.05) is 14.2 Å². The molecule has 0 aliphatic carbocycles. The van der Waals surface area contributed by atoms with Crippen LogP contribution in [0.3, 0.4) is 0 Å². The molecule has 3 aromatic heterocycles. The second-order valence-electron chi connectivity index (χ2n) is 7.31. The van der Waals surface area contributed by atoms with Crippen LogP contribution in [-0.4, -0.2) is 43.4 Å². The van der Waals surface area contributed by atoms with Gasteiger partial charge in [-0.15, -0.1) is 20.4 Å². The molecule has 6 aromatic rings. The summed E-state index contributed by atoms with van der Waals surface area (Å²) in [6.07, 6.45) is 0. The van der Waals surface area contributed by atoms with Gasteiger partial charge in [-0.1, -0.05) is 12.1 Å². The van der Waals surface area contributed by atoms with Gasteiger partial charge in [-0.3, -0.25) is 8.80 Å². The molecule has 0 saturated carbocycles. The highest BCUT2D eigenvalue weighted by molar-refractivity contribution is 5.89. The summed E-state index contributed by atoms with van der Waals surface area (Å²) in [5, 5.41) is 18.0. The topological polar surface area (TPSA) is 78.8 Å². The largest absolute Gasteiger partial charge is 0.497 e. The molecule has 3 aromatic carbocycles. The van der Waals surface area contributed by atoms with Crippen molar-refractivity contribution in [3.63, 3.8) is 0 Å². The number of methoxy groups -OCH3 is 2. The molecule has 0 fully saturated rings. The van der Waals surface area contributed by atoms with Crippen molar-refractivity contribution >= 4 is 22.3 Å². The van der Waals surface area contributed by atoms with E-state index in [1.807, 2.05) is 69.5 Å². The molecule has 0 spiro atoms. The third kappa shape index (κ3) is 2.63. The van der Waals surface area contributed by atoms with E-state index in [9.17, 15) is 0 Å². The summed E-state index contributed by atoms with van der Waals surface area (Å²) in [7, 11) is 3.30. The highest BCUT2D eigenvalue weighted by Gasteiger charge is 2.20. The summed E-state index contributed by atoms with van der Waals surface area (Å²) in [5.74, 6) is 3.04. The van der Waals surface area contributed by atoms with Crippen LogP contribution in [0.1, 0.15) is 0 Å². The highest BCUT2D eigenvalue weighted by Crippen LogP contribution is 2.30. The van der Waals surface area contributed by atoms with Crippen molar-refractivity contribution < 1.29 is 9.47 Å². The molecule has 0 unspecified atom stereocenters. The zero-order valence-electron chi connectivity index (χ0n) is 17.4. The van der Waals surface area contributed by atoms with Gasteiger partial charge in [-0.25, -0.2) is 0 Å². The Balaban J connectivity index is 1.66. The minimum atomic E-state index is 0.641. The fourth-order valence-corrected chi connectivity index (χ4v) is 4.01. The first-order valence-electron chi connectivity index (χ1n) is 10.1. The Hall–Kier alpha value is -4.46. The smallest absolute Gasteiger partial charge is 0.207 e. The van der Waals surface area contributed by atoms with E-state index in [4.69, 9.17) is 9.47 Å². The molecule has 8 heteroatoms. The standard InChI is InChI=1S/C24H18N6O2/c1-31-17-11-7-15(8-12-17)21-25-27-23-24-28-26-22(16-9-13-18(32-2)14-10-16)30(24)20-6-4-3-5-19(20)29(21)23/h3-14H,1-2H3. The highest BCUT2D eigenvalue weighted by atomic mass is 16.5. The SMILES string of the molecule is COc1ccc(-c2nnc3c4nnc(-c5ccc(OC)cc5)n4c4ccccc4n23)cc1. The number of rotatable bonds is 4. The first-order chi connectivity index (χ1) is 15.8. The van der Waals surface area contributed by atoms with E-state index in [0.717, 1.165) is 45.3 Å². The van der Waals surface area contributed by atoms with Crippen LogP contribution in [0.2, 0.25) is 0 Å². The predicted octanol–water partition coefficient (Wildman–Crippen LogP) is 4.28. The fraction of sp³-hybridized carbons (Fsp3) is 0.0833. The molecular formula is C24H18N6O2. The minimum absolute atomic E-state index is 0.641. The Morgan fingerprint density at radius 1 is 0.531 bits per heavy atom. The molecule has 0 atom stereocenters. The van der Waals surface area contributed by atoms with Gasteiger partial charge in [0.2, 0.25) is 11.3 Å². The Morgan fingerprint density at radius 3 is 1.31 bits per heavy atom. The van der Waals surface area contributed by atoms with Gasteiger partial charge in [0.05, 0.1) is 25.3 Å². The molecule has 0 saturated heterocycles. The first kappa shape index (κ1) is 18.3. The van der Waals surface area contributed by atoms with Gasteiger partial charge in [-0.2, -0.15) is 0 Å². The number of aromatic nitrogens is 6. The van der Waals surface area contributed by atoms with Crippen molar-refractivity contribution in [3.8, 4) is 34.3 Å². The molecule has 6 rings (SSSR count). The maximum atomic E-state index is 5.29. The summed E-state index contributed by atoms with van der Waals surface area (Å²) in [5.41, 5.74) is 5.06. The number of para-hydroxylation sites is 2. The average molecular weight is 422 g/mol. The number of benzene rings is 3. The lowest BCUT2D eigenvalue weighted by molar-refractivity contribution is 0.414. The van der Waals surface area contributed by atoms with Crippen LogP contribution >= 0.6 is 0 Å². The molecule has 0 radical (unpaired) electrons. The second-order valence-corrected chi connectivity index (χ2v) is 7.31. The summed E-state index contributed by atoms with van der Waals surface area (Å²) < 4.78 is 14.6. The van der Waals surface area contributed by atoms with Gasteiger partial charge in [0.15, 0.2) is 11.6 Å². The first-order valence-corrected chi connectivity index (χ1v) is 10.1. The summed E-state index contributed by atoms with van der Waals surface area (Å²) in [4.78, 5) is 0. The summed E-state index contributed by atoms with van der Waals surface area (Å²) in [6, 6.07) is 23.7. The van der Waals surface area contributed by atoms with Crippen LogP contribution in [0.25, 0.3) is 45.1 Å². The second kappa shape index (κ2) is 7.05. The number of ether oxygens (including phenoxy) is 2. The lowest BCUT2D eigenvalue weighted by Crippen LogP contribution is -2.00. The zero-order valence-corrected chi connectivity index (χ0v) is 17.4. The van der Waals surface area contributed by atoms with E-state index < -0.39 is 0 Å². The number of nitrogens with zero attached hydrogens (tertiary/aromatic N) is 6. The normalized spacial score (nSPS) is 11.4. The Kier molecular flexibility index (Phi) is 4.04. The van der Waals surface area contributed by atoms with Gasteiger partial charge in [0, 0.05) is 11.1 Å². The number of hydrogen-bond donors (Lipinski definition) is 0. The molecule has 156 valence electrons. The third-order valence-electron chi connectivity index (χ3n) is 5.59. The van der Waals surface area contributed by atoms with Crippen molar-refractivity contribution in [1.29, 1.82) is 0 Å². The molecule has 0 amide bonds. The molecule has 3 heterocycles. The van der Waals surface area contributed by atoms with Crippen LogP contribution < -0.4 is 9.47 Å². The van der Waals surface area contributed by atoms with Gasteiger partial charge >= 0.3 is 0 Å². The predicted molar refractivity (Wildman–Crippen MR) is 121 cm³/mol. The van der Waals surface area contributed by atoms with E-state index >= 15 is 0 Å². The van der Waals surface area contributed by atoms with Crippen LogP contribution in [0, 0.1) is 0 Å². The van der Waals surface area contributed by atoms with Gasteiger partial charge in [0.1, 0.15) is 11.5 Å². The lowest BCUT2D eigenvalue weighted by atomic mass is 10.2. The van der Waals surface area contributed by atoms with E-state index in [1.165, 1.54) is 0 Å². The van der Waals surface area contributed by atoms with Crippen molar-refractivity contribution in [2.45, 2.75) is 0 Å². The van der Waals surface area contributed by atoms with Gasteiger partial charge in [0.25, 0.3) is 0 Å². The fourth-order valence-electron chi connectivity index (χ4n) is 4.01.